The molecule has 0 saturated heterocycles. The molecular weight excluding hydrogens is 174 g/mol. The summed E-state index contributed by atoms with van der Waals surface area (Å²) in [5, 5.41) is 12.5. The van der Waals surface area contributed by atoms with Crippen LogP contribution >= 0.6 is 11.3 Å². The van der Waals surface area contributed by atoms with Gasteiger partial charge in [0.05, 0.1) is 0 Å². The van der Waals surface area contributed by atoms with Gasteiger partial charge in [0.25, 0.3) is 0 Å². The zero-order valence-electron chi connectivity index (χ0n) is 6.78. The Morgan fingerprint density at radius 3 is 2.92 bits per heavy atom. The lowest BCUT2D eigenvalue weighted by Gasteiger charge is -2.17. The molecule has 0 spiro atoms. The SMILES string of the molecule is CC(N)(Cc1ccsc1)C(=O)O. The summed E-state index contributed by atoms with van der Waals surface area (Å²) in [6, 6.07) is 1.89. The first kappa shape index (κ1) is 9.22. The fourth-order valence-electron chi connectivity index (χ4n) is 0.893. The Labute approximate surface area is 74.8 Å². The summed E-state index contributed by atoms with van der Waals surface area (Å²) >= 11 is 1.54. The maximum atomic E-state index is 10.6. The van der Waals surface area contributed by atoms with Crippen molar-refractivity contribution in [1.82, 2.24) is 0 Å². The van der Waals surface area contributed by atoms with Crippen molar-refractivity contribution in [3.05, 3.63) is 22.4 Å². The predicted octanol–water partition coefficient (Wildman–Crippen LogP) is 1.09. The monoisotopic (exact) mass is 185 g/mol. The minimum atomic E-state index is -1.15. The topological polar surface area (TPSA) is 63.3 Å². The summed E-state index contributed by atoms with van der Waals surface area (Å²) in [5.41, 5.74) is 5.38. The number of carboxylic acids is 1. The molecule has 1 rings (SSSR count). The number of aliphatic carboxylic acids is 1. The molecule has 0 aliphatic carbocycles. The molecule has 3 nitrogen and oxygen atoms in total. The minimum absolute atomic E-state index is 0.381. The van der Waals surface area contributed by atoms with Crippen LogP contribution in [0.5, 0.6) is 0 Å². The molecule has 1 aromatic heterocycles. The number of carbonyl (C=O) groups is 1. The van der Waals surface area contributed by atoms with E-state index in [0.717, 1.165) is 5.56 Å². The van der Waals surface area contributed by atoms with Gasteiger partial charge < -0.3 is 10.8 Å². The van der Waals surface area contributed by atoms with Gasteiger partial charge in [-0.15, -0.1) is 0 Å². The van der Waals surface area contributed by atoms with Crippen LogP contribution in [0.3, 0.4) is 0 Å². The molecule has 12 heavy (non-hydrogen) atoms. The van der Waals surface area contributed by atoms with E-state index in [1.54, 1.807) is 11.3 Å². The Kier molecular flexibility index (Phi) is 2.49. The van der Waals surface area contributed by atoms with Crippen LogP contribution in [0.4, 0.5) is 0 Å². The Hall–Kier alpha value is -0.870. The van der Waals surface area contributed by atoms with Gasteiger partial charge in [0, 0.05) is 6.42 Å². The number of nitrogens with two attached hydrogens (primary N) is 1. The molecular formula is C8H11NO2S. The van der Waals surface area contributed by atoms with E-state index in [4.69, 9.17) is 10.8 Å². The lowest BCUT2D eigenvalue weighted by Crippen LogP contribution is -2.46. The molecule has 0 fully saturated rings. The third kappa shape index (κ3) is 2.06. The molecule has 0 amide bonds. The van der Waals surface area contributed by atoms with Gasteiger partial charge in [-0.2, -0.15) is 11.3 Å². The minimum Gasteiger partial charge on any atom is -0.480 e. The number of hydrogen-bond donors (Lipinski definition) is 2. The van der Waals surface area contributed by atoms with Crippen LogP contribution in [0.2, 0.25) is 0 Å². The first-order valence-electron chi connectivity index (χ1n) is 3.56. The third-order valence-electron chi connectivity index (χ3n) is 1.64. The van der Waals surface area contributed by atoms with Crippen LogP contribution in [0.1, 0.15) is 12.5 Å². The van der Waals surface area contributed by atoms with Crippen molar-refractivity contribution in [3.63, 3.8) is 0 Å². The Morgan fingerprint density at radius 2 is 2.50 bits per heavy atom. The van der Waals surface area contributed by atoms with Gasteiger partial charge in [-0.1, -0.05) is 0 Å². The summed E-state index contributed by atoms with van der Waals surface area (Å²) in [5.74, 6) is -0.964. The summed E-state index contributed by atoms with van der Waals surface area (Å²) in [4.78, 5) is 10.6. The van der Waals surface area contributed by atoms with E-state index in [-0.39, 0.29) is 0 Å². The number of carboxylic acid groups (broad SMARTS) is 1. The van der Waals surface area contributed by atoms with Crippen LogP contribution in [0.15, 0.2) is 16.8 Å². The van der Waals surface area contributed by atoms with E-state index in [2.05, 4.69) is 0 Å². The molecule has 0 aliphatic rings. The van der Waals surface area contributed by atoms with Crippen LogP contribution in [-0.2, 0) is 11.2 Å². The fourth-order valence-corrected chi connectivity index (χ4v) is 1.56. The van der Waals surface area contributed by atoms with Crippen molar-refractivity contribution < 1.29 is 9.90 Å². The number of rotatable bonds is 3. The molecule has 1 heterocycles. The average molecular weight is 185 g/mol. The lowest BCUT2D eigenvalue weighted by molar-refractivity contribution is -0.142. The van der Waals surface area contributed by atoms with E-state index in [9.17, 15) is 4.79 Å². The molecule has 4 heteroatoms. The van der Waals surface area contributed by atoms with Crippen LogP contribution < -0.4 is 5.73 Å². The van der Waals surface area contributed by atoms with E-state index < -0.39 is 11.5 Å². The zero-order valence-corrected chi connectivity index (χ0v) is 7.60. The molecule has 1 atom stereocenters. The normalized spacial score (nSPS) is 15.5. The number of hydrogen-bond acceptors (Lipinski definition) is 3. The molecule has 0 radical (unpaired) electrons. The van der Waals surface area contributed by atoms with Crippen molar-refractivity contribution in [3.8, 4) is 0 Å². The van der Waals surface area contributed by atoms with Gasteiger partial charge in [0.15, 0.2) is 0 Å². The van der Waals surface area contributed by atoms with Gasteiger partial charge in [-0.25, -0.2) is 0 Å². The van der Waals surface area contributed by atoms with Gasteiger partial charge in [0.1, 0.15) is 5.54 Å². The summed E-state index contributed by atoms with van der Waals surface area (Å²) in [6.07, 6.45) is 0.381. The largest absolute Gasteiger partial charge is 0.480 e. The van der Waals surface area contributed by atoms with Crippen LogP contribution in [0.25, 0.3) is 0 Å². The van der Waals surface area contributed by atoms with Crippen molar-refractivity contribution >= 4 is 17.3 Å². The van der Waals surface area contributed by atoms with Crippen LogP contribution in [0, 0.1) is 0 Å². The van der Waals surface area contributed by atoms with Gasteiger partial charge in [-0.05, 0) is 29.3 Å². The highest BCUT2D eigenvalue weighted by molar-refractivity contribution is 7.07. The van der Waals surface area contributed by atoms with Gasteiger partial charge in [0.2, 0.25) is 0 Å². The van der Waals surface area contributed by atoms with Gasteiger partial charge >= 0.3 is 5.97 Å². The zero-order chi connectivity index (χ0) is 9.19. The first-order valence-corrected chi connectivity index (χ1v) is 4.50. The summed E-state index contributed by atoms with van der Waals surface area (Å²) in [7, 11) is 0. The van der Waals surface area contributed by atoms with Crippen molar-refractivity contribution in [2.45, 2.75) is 18.9 Å². The molecule has 3 N–H and O–H groups in total. The van der Waals surface area contributed by atoms with Crippen molar-refractivity contribution in [1.29, 1.82) is 0 Å². The van der Waals surface area contributed by atoms with Crippen molar-refractivity contribution in [2.75, 3.05) is 0 Å². The second kappa shape index (κ2) is 3.25. The molecule has 1 aromatic rings. The van der Waals surface area contributed by atoms with E-state index in [0.29, 0.717) is 6.42 Å². The molecule has 0 saturated carbocycles. The molecule has 66 valence electrons. The summed E-state index contributed by atoms with van der Waals surface area (Å²) in [6.45, 7) is 1.52. The first-order chi connectivity index (χ1) is 5.52. The van der Waals surface area contributed by atoms with E-state index in [1.165, 1.54) is 6.92 Å². The molecule has 0 aromatic carbocycles. The fraction of sp³-hybridized carbons (Fsp3) is 0.375. The summed E-state index contributed by atoms with van der Waals surface area (Å²) < 4.78 is 0. The molecule has 1 unspecified atom stereocenters. The molecule has 0 aliphatic heterocycles. The highest BCUT2D eigenvalue weighted by Crippen LogP contribution is 2.13. The predicted molar refractivity (Wildman–Crippen MR) is 48.3 cm³/mol. The van der Waals surface area contributed by atoms with E-state index in [1.807, 2.05) is 16.8 Å². The lowest BCUT2D eigenvalue weighted by atomic mass is 9.96. The maximum absolute atomic E-state index is 10.6. The smallest absolute Gasteiger partial charge is 0.323 e. The highest BCUT2D eigenvalue weighted by Gasteiger charge is 2.27. The van der Waals surface area contributed by atoms with Crippen molar-refractivity contribution in [2.24, 2.45) is 5.73 Å². The van der Waals surface area contributed by atoms with Gasteiger partial charge in [-0.3, -0.25) is 4.79 Å². The van der Waals surface area contributed by atoms with Crippen LogP contribution in [-0.4, -0.2) is 16.6 Å². The quantitative estimate of drug-likeness (QED) is 0.741. The van der Waals surface area contributed by atoms with E-state index >= 15 is 0 Å². The molecule has 0 bridgehead atoms. The second-order valence-electron chi connectivity index (χ2n) is 3.03. The Balaban J connectivity index is 2.69. The third-order valence-corrected chi connectivity index (χ3v) is 2.37. The Bertz CT molecular complexity index is 267. The average Bonchev–Trinajstić information content (AvgIpc) is 2.38. The second-order valence-corrected chi connectivity index (χ2v) is 3.81. The number of thiophene rings is 1. The standard InChI is InChI=1S/C8H11NO2S/c1-8(9,7(10)11)4-6-2-3-12-5-6/h2-3,5H,4,9H2,1H3,(H,10,11). The Morgan fingerprint density at radius 1 is 1.83 bits per heavy atom. The highest BCUT2D eigenvalue weighted by atomic mass is 32.1. The maximum Gasteiger partial charge on any atom is 0.323 e.